The van der Waals surface area contributed by atoms with Crippen LogP contribution in [-0.4, -0.2) is 56.6 Å². The fraction of sp³-hybridized carbons (Fsp3) is 0.579. The fourth-order valence-electron chi connectivity index (χ4n) is 3.43. The van der Waals surface area contributed by atoms with Crippen molar-refractivity contribution in [3.63, 3.8) is 0 Å². The minimum absolute atomic E-state index is 0.0397. The van der Waals surface area contributed by atoms with Gasteiger partial charge in [0.25, 0.3) is 5.91 Å². The van der Waals surface area contributed by atoms with E-state index in [9.17, 15) is 9.59 Å². The second-order valence-corrected chi connectivity index (χ2v) is 7.03. The summed E-state index contributed by atoms with van der Waals surface area (Å²) in [7, 11) is 3.97. The standard InChI is InChI=1S/C19H27N3O3/c1-21(2)16-7-5-15(6-8-16)20-18(23)14-9-11-22(12-10-14)19(24)17-4-3-13-25-17/h5-8,14,17H,3-4,9-13H2,1-2H3,(H,20,23). The SMILES string of the molecule is CN(C)c1ccc(NC(=O)C2CCN(C(=O)C3CCCO3)CC2)cc1. The Morgan fingerprint density at radius 2 is 1.80 bits per heavy atom. The molecule has 0 aliphatic carbocycles. The maximum Gasteiger partial charge on any atom is 0.251 e. The Bertz CT molecular complexity index is 601. The molecule has 2 fully saturated rings. The first-order valence-electron chi connectivity index (χ1n) is 9.03. The summed E-state index contributed by atoms with van der Waals surface area (Å²) in [5.41, 5.74) is 1.91. The highest BCUT2D eigenvalue weighted by atomic mass is 16.5. The normalized spacial score (nSPS) is 21.2. The molecule has 1 aromatic carbocycles. The second-order valence-electron chi connectivity index (χ2n) is 7.03. The van der Waals surface area contributed by atoms with E-state index >= 15 is 0 Å². The molecular formula is C19H27N3O3. The molecule has 0 bridgehead atoms. The van der Waals surface area contributed by atoms with Crippen molar-refractivity contribution in [2.45, 2.75) is 31.8 Å². The number of hydrogen-bond acceptors (Lipinski definition) is 4. The maximum atomic E-state index is 12.5. The minimum Gasteiger partial charge on any atom is -0.378 e. The van der Waals surface area contributed by atoms with E-state index in [1.807, 2.05) is 48.2 Å². The Morgan fingerprint density at radius 3 is 2.36 bits per heavy atom. The first-order valence-corrected chi connectivity index (χ1v) is 9.03. The van der Waals surface area contributed by atoms with Gasteiger partial charge in [0.2, 0.25) is 5.91 Å². The lowest BCUT2D eigenvalue weighted by atomic mass is 9.95. The van der Waals surface area contributed by atoms with Crippen molar-refractivity contribution in [1.82, 2.24) is 4.90 Å². The van der Waals surface area contributed by atoms with Gasteiger partial charge in [-0.05, 0) is 49.9 Å². The minimum atomic E-state index is -0.263. The molecule has 1 aromatic rings. The third-order valence-corrected chi connectivity index (χ3v) is 5.03. The Morgan fingerprint density at radius 1 is 1.12 bits per heavy atom. The van der Waals surface area contributed by atoms with Gasteiger partial charge in [0, 0.05) is 51.1 Å². The zero-order chi connectivity index (χ0) is 17.8. The van der Waals surface area contributed by atoms with Crippen molar-refractivity contribution in [3.05, 3.63) is 24.3 Å². The highest BCUT2D eigenvalue weighted by molar-refractivity contribution is 5.93. The van der Waals surface area contributed by atoms with Crippen molar-refractivity contribution >= 4 is 23.2 Å². The van der Waals surface area contributed by atoms with Gasteiger partial charge < -0.3 is 19.9 Å². The number of anilines is 2. The van der Waals surface area contributed by atoms with Crippen LogP contribution in [0.2, 0.25) is 0 Å². The van der Waals surface area contributed by atoms with E-state index in [1.165, 1.54) is 0 Å². The van der Waals surface area contributed by atoms with Crippen LogP contribution in [0.5, 0.6) is 0 Å². The molecule has 6 heteroatoms. The van der Waals surface area contributed by atoms with Crippen LogP contribution in [0.3, 0.4) is 0 Å². The largest absolute Gasteiger partial charge is 0.378 e. The van der Waals surface area contributed by atoms with E-state index in [1.54, 1.807) is 0 Å². The summed E-state index contributed by atoms with van der Waals surface area (Å²) >= 11 is 0. The van der Waals surface area contributed by atoms with E-state index in [-0.39, 0.29) is 23.8 Å². The van der Waals surface area contributed by atoms with Gasteiger partial charge in [-0.3, -0.25) is 9.59 Å². The molecule has 0 aromatic heterocycles. The van der Waals surface area contributed by atoms with Crippen LogP contribution in [-0.2, 0) is 14.3 Å². The summed E-state index contributed by atoms with van der Waals surface area (Å²) in [6, 6.07) is 7.81. The molecule has 0 spiro atoms. The summed E-state index contributed by atoms with van der Waals surface area (Å²) in [6.45, 7) is 1.95. The number of likely N-dealkylation sites (tertiary alicyclic amines) is 1. The van der Waals surface area contributed by atoms with Gasteiger partial charge in [-0.15, -0.1) is 0 Å². The van der Waals surface area contributed by atoms with Crippen molar-refractivity contribution < 1.29 is 14.3 Å². The number of nitrogens with one attached hydrogen (secondary N) is 1. The molecule has 25 heavy (non-hydrogen) atoms. The first-order chi connectivity index (χ1) is 12.0. The van der Waals surface area contributed by atoms with Crippen LogP contribution in [0.4, 0.5) is 11.4 Å². The molecule has 2 aliphatic heterocycles. The second kappa shape index (κ2) is 7.87. The average molecular weight is 345 g/mol. The van der Waals surface area contributed by atoms with E-state index in [4.69, 9.17) is 4.74 Å². The summed E-state index contributed by atoms with van der Waals surface area (Å²) in [5.74, 6) is 0.0968. The molecular weight excluding hydrogens is 318 g/mol. The maximum absolute atomic E-state index is 12.5. The van der Waals surface area contributed by atoms with Gasteiger partial charge in [0.15, 0.2) is 0 Å². The average Bonchev–Trinajstić information content (AvgIpc) is 3.16. The summed E-state index contributed by atoms with van der Waals surface area (Å²) in [4.78, 5) is 28.7. The number of rotatable bonds is 4. The van der Waals surface area contributed by atoms with Gasteiger partial charge in [-0.1, -0.05) is 0 Å². The number of amides is 2. The molecule has 3 rings (SSSR count). The lowest BCUT2D eigenvalue weighted by Gasteiger charge is -2.32. The summed E-state index contributed by atoms with van der Waals surface area (Å²) in [6.07, 6.45) is 2.94. The van der Waals surface area contributed by atoms with Crippen LogP contribution in [0, 0.1) is 5.92 Å². The Hall–Kier alpha value is -2.08. The van der Waals surface area contributed by atoms with Gasteiger partial charge in [0.1, 0.15) is 6.10 Å². The Balaban J connectivity index is 1.48. The number of benzene rings is 1. The predicted octanol–water partition coefficient (Wildman–Crippen LogP) is 2.11. The lowest BCUT2D eigenvalue weighted by molar-refractivity contribution is -0.143. The number of hydrogen-bond donors (Lipinski definition) is 1. The summed E-state index contributed by atoms with van der Waals surface area (Å²) in [5, 5.41) is 2.99. The third-order valence-electron chi connectivity index (χ3n) is 5.03. The molecule has 2 aliphatic rings. The van der Waals surface area contributed by atoms with Crippen molar-refractivity contribution in [2.24, 2.45) is 5.92 Å². The van der Waals surface area contributed by atoms with Gasteiger partial charge in [-0.25, -0.2) is 0 Å². The zero-order valence-corrected chi connectivity index (χ0v) is 15.0. The number of piperidine rings is 1. The number of carbonyl (C=O) groups excluding carboxylic acids is 2. The topological polar surface area (TPSA) is 61.9 Å². The number of carbonyl (C=O) groups is 2. The zero-order valence-electron chi connectivity index (χ0n) is 15.0. The molecule has 2 saturated heterocycles. The summed E-state index contributed by atoms with van der Waals surface area (Å²) < 4.78 is 5.47. The molecule has 2 amide bonds. The van der Waals surface area contributed by atoms with E-state index < -0.39 is 0 Å². The number of ether oxygens (including phenoxy) is 1. The van der Waals surface area contributed by atoms with E-state index in [0.29, 0.717) is 32.5 Å². The van der Waals surface area contributed by atoms with Crippen LogP contribution in [0.1, 0.15) is 25.7 Å². The fourth-order valence-corrected chi connectivity index (χ4v) is 3.43. The Labute approximate surface area is 149 Å². The smallest absolute Gasteiger partial charge is 0.251 e. The van der Waals surface area contributed by atoms with Crippen LogP contribution >= 0.6 is 0 Å². The van der Waals surface area contributed by atoms with E-state index in [2.05, 4.69) is 5.32 Å². The quantitative estimate of drug-likeness (QED) is 0.908. The first kappa shape index (κ1) is 17.7. The van der Waals surface area contributed by atoms with Crippen molar-refractivity contribution in [1.29, 1.82) is 0 Å². The van der Waals surface area contributed by atoms with Crippen LogP contribution in [0.15, 0.2) is 24.3 Å². The third kappa shape index (κ3) is 4.31. The van der Waals surface area contributed by atoms with Gasteiger partial charge >= 0.3 is 0 Å². The van der Waals surface area contributed by atoms with Crippen molar-refractivity contribution in [2.75, 3.05) is 44.0 Å². The molecule has 1 atom stereocenters. The lowest BCUT2D eigenvalue weighted by Crippen LogP contribution is -2.45. The van der Waals surface area contributed by atoms with Crippen LogP contribution in [0.25, 0.3) is 0 Å². The van der Waals surface area contributed by atoms with Gasteiger partial charge in [0.05, 0.1) is 0 Å². The molecule has 0 saturated carbocycles. The van der Waals surface area contributed by atoms with Crippen molar-refractivity contribution in [3.8, 4) is 0 Å². The van der Waals surface area contributed by atoms with E-state index in [0.717, 1.165) is 24.2 Å². The Kier molecular flexibility index (Phi) is 5.58. The molecule has 0 radical (unpaired) electrons. The molecule has 2 heterocycles. The van der Waals surface area contributed by atoms with Crippen LogP contribution < -0.4 is 10.2 Å². The molecule has 136 valence electrons. The monoisotopic (exact) mass is 345 g/mol. The predicted molar refractivity (Wildman–Crippen MR) is 97.7 cm³/mol. The molecule has 1 N–H and O–H groups in total. The molecule has 1 unspecified atom stereocenters. The highest BCUT2D eigenvalue weighted by Gasteiger charge is 2.32. The molecule has 6 nitrogen and oxygen atoms in total. The highest BCUT2D eigenvalue weighted by Crippen LogP contribution is 2.23. The van der Waals surface area contributed by atoms with Gasteiger partial charge in [-0.2, -0.15) is 0 Å². The number of nitrogens with zero attached hydrogens (tertiary/aromatic N) is 2.